The standard InChI is InChI=1S/C23H23ClN6O3/c1-13-18(14(2)30(29-13)17-7-8-20(25)19(24)12-17)11-15-3-5-16(6-4-15)22-27-28-23(33-22)21(32)26-9-10-31/h3-8,12,31H,9-11,25H2,1-2H3,(H,26,32). The van der Waals surface area contributed by atoms with Crippen LogP contribution in [0.15, 0.2) is 46.9 Å². The van der Waals surface area contributed by atoms with Crippen molar-refractivity contribution in [1.82, 2.24) is 25.3 Å². The largest absolute Gasteiger partial charge is 0.412 e. The summed E-state index contributed by atoms with van der Waals surface area (Å²) in [7, 11) is 0. The molecule has 0 atom stereocenters. The molecule has 2 aromatic carbocycles. The van der Waals surface area contributed by atoms with E-state index < -0.39 is 5.91 Å². The van der Waals surface area contributed by atoms with Crippen LogP contribution < -0.4 is 11.1 Å². The Labute approximate surface area is 195 Å². The van der Waals surface area contributed by atoms with Crippen LogP contribution in [0.5, 0.6) is 0 Å². The molecule has 0 spiro atoms. The number of benzene rings is 2. The average molecular weight is 467 g/mol. The highest BCUT2D eigenvalue weighted by molar-refractivity contribution is 6.33. The number of carbonyl (C=O) groups is 1. The number of nitrogen functional groups attached to an aromatic ring is 1. The molecule has 10 heteroatoms. The Balaban J connectivity index is 1.52. The third-order valence-electron chi connectivity index (χ3n) is 5.27. The van der Waals surface area contributed by atoms with Crippen LogP contribution in [0.25, 0.3) is 17.1 Å². The second-order valence-electron chi connectivity index (χ2n) is 7.53. The molecule has 4 aromatic rings. The van der Waals surface area contributed by atoms with E-state index >= 15 is 0 Å². The average Bonchev–Trinajstić information content (AvgIpc) is 3.41. The predicted octanol–water partition coefficient (Wildman–Crippen LogP) is 3.09. The minimum absolute atomic E-state index is 0.117. The van der Waals surface area contributed by atoms with Gasteiger partial charge in [-0.15, -0.1) is 10.2 Å². The van der Waals surface area contributed by atoms with E-state index in [0.717, 1.165) is 28.2 Å². The van der Waals surface area contributed by atoms with Crippen LogP contribution in [0.4, 0.5) is 5.69 Å². The SMILES string of the molecule is Cc1nn(-c2ccc(N)c(Cl)c2)c(C)c1Cc1ccc(-c2nnc(C(=O)NCCO)o2)cc1. The number of aryl methyl sites for hydroxylation is 1. The number of amides is 1. The van der Waals surface area contributed by atoms with Gasteiger partial charge in [0.1, 0.15) is 0 Å². The van der Waals surface area contributed by atoms with Crippen molar-refractivity contribution in [3.8, 4) is 17.1 Å². The summed E-state index contributed by atoms with van der Waals surface area (Å²) < 4.78 is 7.31. The van der Waals surface area contributed by atoms with Gasteiger partial charge in [-0.1, -0.05) is 23.7 Å². The zero-order valence-corrected chi connectivity index (χ0v) is 18.9. The lowest BCUT2D eigenvalue weighted by Crippen LogP contribution is -2.26. The van der Waals surface area contributed by atoms with Crippen molar-refractivity contribution in [3.63, 3.8) is 0 Å². The van der Waals surface area contributed by atoms with Gasteiger partial charge in [0.05, 0.1) is 28.7 Å². The van der Waals surface area contributed by atoms with E-state index in [-0.39, 0.29) is 24.9 Å². The number of halogens is 1. The van der Waals surface area contributed by atoms with E-state index in [2.05, 4.69) is 20.6 Å². The van der Waals surface area contributed by atoms with Crippen molar-refractivity contribution >= 4 is 23.2 Å². The normalized spacial score (nSPS) is 11.0. The molecule has 0 aliphatic rings. The highest BCUT2D eigenvalue weighted by Crippen LogP contribution is 2.26. The van der Waals surface area contributed by atoms with E-state index in [9.17, 15) is 4.79 Å². The van der Waals surface area contributed by atoms with Gasteiger partial charge in [0, 0.05) is 29.8 Å². The summed E-state index contributed by atoms with van der Waals surface area (Å²) in [6.07, 6.45) is 0.694. The quantitative estimate of drug-likeness (QED) is 0.356. The number of nitrogens with two attached hydrogens (primary N) is 1. The fraction of sp³-hybridized carbons (Fsp3) is 0.217. The lowest BCUT2D eigenvalue weighted by molar-refractivity contribution is 0.0910. The molecule has 0 saturated heterocycles. The van der Waals surface area contributed by atoms with Crippen LogP contribution in [0.1, 0.15) is 33.2 Å². The summed E-state index contributed by atoms with van der Waals surface area (Å²) in [5.74, 6) is -0.426. The number of rotatable bonds is 7. The minimum atomic E-state index is -0.523. The van der Waals surface area contributed by atoms with Crippen molar-refractivity contribution in [2.45, 2.75) is 20.3 Å². The first-order valence-electron chi connectivity index (χ1n) is 10.3. The lowest BCUT2D eigenvalue weighted by Gasteiger charge is -2.08. The van der Waals surface area contributed by atoms with E-state index in [1.54, 1.807) is 12.1 Å². The van der Waals surface area contributed by atoms with Gasteiger partial charge in [0.15, 0.2) is 0 Å². The highest BCUT2D eigenvalue weighted by atomic mass is 35.5. The van der Waals surface area contributed by atoms with E-state index in [1.165, 1.54) is 0 Å². The second kappa shape index (κ2) is 9.43. The molecular formula is C23H23ClN6O3. The number of anilines is 1. The van der Waals surface area contributed by atoms with Crippen LogP contribution in [0.2, 0.25) is 5.02 Å². The Morgan fingerprint density at radius 2 is 1.94 bits per heavy atom. The Bertz CT molecular complexity index is 1300. The number of aliphatic hydroxyl groups excluding tert-OH is 1. The first-order valence-corrected chi connectivity index (χ1v) is 10.7. The highest BCUT2D eigenvalue weighted by Gasteiger charge is 2.17. The molecule has 2 aromatic heterocycles. The minimum Gasteiger partial charge on any atom is -0.412 e. The van der Waals surface area contributed by atoms with Gasteiger partial charge in [-0.2, -0.15) is 5.10 Å². The molecule has 0 radical (unpaired) electrons. The fourth-order valence-electron chi connectivity index (χ4n) is 3.48. The second-order valence-corrected chi connectivity index (χ2v) is 7.94. The molecule has 4 N–H and O–H groups in total. The Morgan fingerprint density at radius 3 is 2.64 bits per heavy atom. The van der Waals surface area contributed by atoms with Gasteiger partial charge in [-0.3, -0.25) is 4.79 Å². The molecule has 0 aliphatic carbocycles. The van der Waals surface area contributed by atoms with Crippen LogP contribution in [0.3, 0.4) is 0 Å². The molecule has 9 nitrogen and oxygen atoms in total. The maximum atomic E-state index is 11.9. The number of aromatic nitrogens is 4. The molecule has 1 amide bonds. The predicted molar refractivity (Wildman–Crippen MR) is 124 cm³/mol. The zero-order chi connectivity index (χ0) is 23.5. The van der Waals surface area contributed by atoms with Crippen molar-refractivity contribution in [1.29, 1.82) is 0 Å². The number of hydrogen-bond acceptors (Lipinski definition) is 7. The van der Waals surface area contributed by atoms with Crippen LogP contribution in [-0.2, 0) is 6.42 Å². The fourth-order valence-corrected chi connectivity index (χ4v) is 3.65. The van der Waals surface area contributed by atoms with Crippen molar-refractivity contribution in [2.24, 2.45) is 0 Å². The molecule has 0 aliphatic heterocycles. The number of carbonyl (C=O) groups excluding carboxylic acids is 1. The molecule has 0 fully saturated rings. The van der Waals surface area contributed by atoms with E-state index in [1.807, 2.05) is 48.9 Å². The maximum Gasteiger partial charge on any atom is 0.308 e. The third kappa shape index (κ3) is 4.74. The maximum absolute atomic E-state index is 11.9. The summed E-state index contributed by atoms with van der Waals surface area (Å²) in [5, 5.41) is 24.1. The Hall–Kier alpha value is -3.69. The summed E-state index contributed by atoms with van der Waals surface area (Å²) in [6.45, 7) is 3.95. The summed E-state index contributed by atoms with van der Waals surface area (Å²) in [4.78, 5) is 11.9. The smallest absolute Gasteiger partial charge is 0.308 e. The molecule has 2 heterocycles. The number of nitrogens with zero attached hydrogens (tertiary/aromatic N) is 4. The lowest BCUT2D eigenvalue weighted by atomic mass is 10.0. The Kier molecular flexibility index (Phi) is 6.43. The molecule has 0 unspecified atom stereocenters. The first-order chi connectivity index (χ1) is 15.9. The first kappa shape index (κ1) is 22.5. The monoisotopic (exact) mass is 466 g/mol. The number of nitrogens with one attached hydrogen (secondary N) is 1. The molecule has 0 bridgehead atoms. The summed E-state index contributed by atoms with van der Waals surface area (Å²) >= 11 is 6.18. The number of aliphatic hydroxyl groups is 1. The van der Waals surface area contributed by atoms with Crippen LogP contribution >= 0.6 is 11.6 Å². The molecular weight excluding hydrogens is 444 g/mol. The van der Waals surface area contributed by atoms with Gasteiger partial charge < -0.3 is 20.6 Å². The van der Waals surface area contributed by atoms with Crippen LogP contribution in [-0.4, -0.2) is 44.1 Å². The topological polar surface area (TPSA) is 132 Å². The molecule has 4 rings (SSSR count). The summed E-state index contributed by atoms with van der Waals surface area (Å²) in [5.41, 5.74) is 12.1. The Morgan fingerprint density at radius 1 is 1.18 bits per heavy atom. The van der Waals surface area contributed by atoms with Gasteiger partial charge >= 0.3 is 11.8 Å². The zero-order valence-electron chi connectivity index (χ0n) is 18.2. The van der Waals surface area contributed by atoms with Crippen molar-refractivity contribution in [3.05, 3.63) is 75.9 Å². The van der Waals surface area contributed by atoms with E-state index in [4.69, 9.17) is 26.9 Å². The molecule has 170 valence electrons. The summed E-state index contributed by atoms with van der Waals surface area (Å²) in [6, 6.07) is 13.1. The van der Waals surface area contributed by atoms with Gasteiger partial charge in [0.2, 0.25) is 5.89 Å². The molecule has 33 heavy (non-hydrogen) atoms. The van der Waals surface area contributed by atoms with Crippen molar-refractivity contribution in [2.75, 3.05) is 18.9 Å². The van der Waals surface area contributed by atoms with Gasteiger partial charge in [0.25, 0.3) is 0 Å². The third-order valence-corrected chi connectivity index (χ3v) is 5.60. The van der Waals surface area contributed by atoms with Crippen LogP contribution in [0, 0.1) is 13.8 Å². The van der Waals surface area contributed by atoms with Gasteiger partial charge in [-0.05, 0) is 49.7 Å². The van der Waals surface area contributed by atoms with Gasteiger partial charge in [-0.25, -0.2) is 4.68 Å². The molecule has 0 saturated carbocycles. The van der Waals surface area contributed by atoms with Crippen molar-refractivity contribution < 1.29 is 14.3 Å². The van der Waals surface area contributed by atoms with E-state index in [0.29, 0.717) is 22.7 Å². The number of hydrogen-bond donors (Lipinski definition) is 3.